The number of hydrogen-bond acceptors (Lipinski definition) is 7. The Kier molecular flexibility index (Phi) is 6.77. The molecule has 174 valence electrons. The van der Waals surface area contributed by atoms with Gasteiger partial charge in [0.25, 0.3) is 0 Å². The van der Waals surface area contributed by atoms with Gasteiger partial charge in [-0.25, -0.2) is 9.48 Å². The Balaban J connectivity index is 1.64. The van der Waals surface area contributed by atoms with Crippen LogP contribution in [0.1, 0.15) is 22.6 Å². The van der Waals surface area contributed by atoms with Gasteiger partial charge in [0.05, 0.1) is 31.2 Å². The minimum Gasteiger partial charge on any atom is -0.493 e. The second-order valence-electron chi connectivity index (χ2n) is 7.53. The highest BCUT2D eigenvalue weighted by atomic mass is 16.5. The zero-order chi connectivity index (χ0) is 24.1. The van der Waals surface area contributed by atoms with Crippen molar-refractivity contribution >= 4 is 12.0 Å². The van der Waals surface area contributed by atoms with Crippen molar-refractivity contribution in [3.05, 3.63) is 83.4 Å². The average Bonchev–Trinajstić information content (AvgIpc) is 3.44. The molecule has 0 fully saturated rings. The van der Waals surface area contributed by atoms with E-state index in [4.69, 9.17) is 23.8 Å². The van der Waals surface area contributed by atoms with Gasteiger partial charge in [-0.05, 0) is 50.3 Å². The minimum atomic E-state index is -0.481. The lowest BCUT2D eigenvalue weighted by molar-refractivity contribution is -0.138. The summed E-state index contributed by atoms with van der Waals surface area (Å²) in [6.45, 7) is 3.69. The molecule has 0 aliphatic carbocycles. The molecule has 8 nitrogen and oxygen atoms in total. The van der Waals surface area contributed by atoms with Crippen LogP contribution in [0.4, 0.5) is 0 Å². The van der Waals surface area contributed by atoms with Crippen LogP contribution in [-0.4, -0.2) is 35.1 Å². The van der Waals surface area contributed by atoms with Gasteiger partial charge in [-0.2, -0.15) is 5.10 Å². The van der Waals surface area contributed by atoms with Crippen molar-refractivity contribution in [3.8, 4) is 28.4 Å². The Bertz CT molecular complexity index is 1300. The summed E-state index contributed by atoms with van der Waals surface area (Å²) in [4.78, 5) is 12.4. The fourth-order valence-electron chi connectivity index (χ4n) is 3.49. The second-order valence-corrected chi connectivity index (χ2v) is 7.53. The van der Waals surface area contributed by atoms with Gasteiger partial charge in [0.2, 0.25) is 0 Å². The maximum absolute atomic E-state index is 12.4. The highest BCUT2D eigenvalue weighted by molar-refractivity contribution is 5.89. The molecule has 2 heterocycles. The van der Waals surface area contributed by atoms with Crippen molar-refractivity contribution in [2.75, 3.05) is 14.2 Å². The van der Waals surface area contributed by atoms with E-state index in [1.165, 1.54) is 6.08 Å². The molecular weight excluding hydrogens is 434 g/mol. The average molecular weight is 460 g/mol. The molecule has 0 unspecified atom stereocenters. The van der Waals surface area contributed by atoms with Crippen LogP contribution in [0.15, 0.2) is 65.3 Å². The van der Waals surface area contributed by atoms with Crippen LogP contribution in [-0.2, 0) is 16.1 Å². The van der Waals surface area contributed by atoms with Crippen molar-refractivity contribution in [1.82, 2.24) is 14.9 Å². The Morgan fingerprint density at radius 2 is 1.82 bits per heavy atom. The molecule has 0 aliphatic heterocycles. The summed E-state index contributed by atoms with van der Waals surface area (Å²) < 4.78 is 23.1. The molecule has 0 saturated carbocycles. The smallest absolute Gasteiger partial charge is 0.331 e. The van der Waals surface area contributed by atoms with Crippen LogP contribution in [0.2, 0.25) is 0 Å². The number of esters is 1. The Morgan fingerprint density at radius 3 is 2.50 bits per heavy atom. The van der Waals surface area contributed by atoms with E-state index < -0.39 is 5.97 Å². The molecule has 0 radical (unpaired) electrons. The monoisotopic (exact) mass is 459 g/mol. The SMILES string of the molecule is COc1ccc(-c2nn(-c3ccccc3)cc2C=CC(=O)OCc2c(C)noc2C)cc1OC. The summed E-state index contributed by atoms with van der Waals surface area (Å²) in [5, 5.41) is 8.64. The van der Waals surface area contributed by atoms with Gasteiger partial charge in [0.15, 0.2) is 11.5 Å². The Hall–Kier alpha value is -4.33. The number of hydrogen-bond donors (Lipinski definition) is 0. The summed E-state index contributed by atoms with van der Waals surface area (Å²) in [6.07, 6.45) is 4.93. The molecule has 0 atom stereocenters. The number of methoxy groups -OCH3 is 2. The van der Waals surface area contributed by atoms with Gasteiger partial charge in [-0.1, -0.05) is 23.4 Å². The number of rotatable bonds is 8. The highest BCUT2D eigenvalue weighted by Gasteiger charge is 2.15. The van der Waals surface area contributed by atoms with Gasteiger partial charge in [0, 0.05) is 23.4 Å². The predicted octanol–water partition coefficient (Wildman–Crippen LogP) is 4.92. The number of carbonyl (C=O) groups is 1. The third-order valence-electron chi connectivity index (χ3n) is 5.36. The molecular formula is C26H25N3O5. The maximum atomic E-state index is 12.4. The molecule has 0 saturated heterocycles. The Labute approximate surface area is 197 Å². The first-order chi connectivity index (χ1) is 16.5. The predicted molar refractivity (Wildman–Crippen MR) is 127 cm³/mol. The molecule has 34 heavy (non-hydrogen) atoms. The fourth-order valence-corrected chi connectivity index (χ4v) is 3.49. The van der Waals surface area contributed by atoms with Crippen LogP contribution >= 0.6 is 0 Å². The summed E-state index contributed by atoms with van der Waals surface area (Å²) in [6, 6.07) is 15.3. The summed E-state index contributed by atoms with van der Waals surface area (Å²) in [5.41, 5.74) is 4.60. The minimum absolute atomic E-state index is 0.0934. The molecule has 2 aromatic carbocycles. The molecule has 0 spiro atoms. The second kappa shape index (κ2) is 10.1. The summed E-state index contributed by atoms with van der Waals surface area (Å²) >= 11 is 0. The van der Waals surface area contributed by atoms with Crippen molar-refractivity contribution in [1.29, 1.82) is 0 Å². The van der Waals surface area contributed by atoms with Crippen LogP contribution in [0.5, 0.6) is 11.5 Å². The number of carbonyl (C=O) groups excluding carboxylic acids is 1. The molecule has 0 aliphatic rings. The van der Waals surface area contributed by atoms with E-state index in [9.17, 15) is 4.79 Å². The van der Waals surface area contributed by atoms with Crippen molar-refractivity contribution in [2.45, 2.75) is 20.5 Å². The third-order valence-corrected chi connectivity index (χ3v) is 5.36. The van der Waals surface area contributed by atoms with Crippen LogP contribution in [0.25, 0.3) is 23.0 Å². The first-order valence-corrected chi connectivity index (χ1v) is 10.6. The molecule has 2 aromatic heterocycles. The van der Waals surface area contributed by atoms with Gasteiger partial charge in [-0.3, -0.25) is 0 Å². The zero-order valence-corrected chi connectivity index (χ0v) is 19.4. The van der Waals surface area contributed by atoms with Gasteiger partial charge in [-0.15, -0.1) is 0 Å². The Morgan fingerprint density at radius 1 is 1.06 bits per heavy atom. The molecule has 4 aromatic rings. The van der Waals surface area contributed by atoms with E-state index in [1.54, 1.807) is 31.9 Å². The lowest BCUT2D eigenvalue weighted by atomic mass is 10.1. The number of ether oxygens (including phenoxy) is 3. The molecule has 8 heteroatoms. The van der Waals surface area contributed by atoms with E-state index in [0.29, 0.717) is 28.6 Å². The van der Waals surface area contributed by atoms with Crippen molar-refractivity contribution in [2.24, 2.45) is 0 Å². The number of aryl methyl sites for hydroxylation is 2. The number of benzene rings is 2. The topological polar surface area (TPSA) is 88.6 Å². The largest absolute Gasteiger partial charge is 0.493 e. The molecule has 0 bridgehead atoms. The summed E-state index contributed by atoms with van der Waals surface area (Å²) in [5.74, 6) is 1.36. The maximum Gasteiger partial charge on any atom is 0.331 e. The lowest BCUT2D eigenvalue weighted by Gasteiger charge is -2.09. The highest BCUT2D eigenvalue weighted by Crippen LogP contribution is 2.33. The molecule has 4 rings (SSSR count). The van der Waals surface area contributed by atoms with E-state index in [2.05, 4.69) is 5.16 Å². The fraction of sp³-hybridized carbons (Fsp3) is 0.192. The quantitative estimate of drug-likeness (QED) is 0.273. The van der Waals surface area contributed by atoms with Crippen LogP contribution in [0, 0.1) is 13.8 Å². The number of para-hydroxylation sites is 1. The lowest BCUT2D eigenvalue weighted by Crippen LogP contribution is -2.02. The molecule has 0 N–H and O–H groups in total. The van der Waals surface area contributed by atoms with E-state index in [0.717, 1.165) is 22.4 Å². The number of nitrogens with zero attached hydrogens (tertiary/aromatic N) is 3. The zero-order valence-electron chi connectivity index (χ0n) is 19.4. The van der Waals surface area contributed by atoms with Gasteiger partial charge < -0.3 is 18.7 Å². The number of aromatic nitrogens is 3. The first kappa shape index (κ1) is 22.8. The summed E-state index contributed by atoms with van der Waals surface area (Å²) in [7, 11) is 3.17. The van der Waals surface area contributed by atoms with E-state index in [1.807, 2.05) is 61.7 Å². The van der Waals surface area contributed by atoms with Gasteiger partial charge >= 0.3 is 5.97 Å². The normalized spacial score (nSPS) is 11.1. The molecule has 0 amide bonds. The third kappa shape index (κ3) is 4.85. The van der Waals surface area contributed by atoms with Crippen LogP contribution < -0.4 is 9.47 Å². The van der Waals surface area contributed by atoms with Crippen molar-refractivity contribution < 1.29 is 23.5 Å². The van der Waals surface area contributed by atoms with E-state index in [-0.39, 0.29) is 6.61 Å². The van der Waals surface area contributed by atoms with Crippen molar-refractivity contribution in [3.63, 3.8) is 0 Å². The first-order valence-electron chi connectivity index (χ1n) is 10.6. The van der Waals surface area contributed by atoms with E-state index >= 15 is 0 Å². The van der Waals surface area contributed by atoms with Crippen LogP contribution in [0.3, 0.4) is 0 Å². The standard InChI is InChI=1S/C26H25N3O5/c1-17-22(18(2)34-28-17)16-33-25(30)13-11-20-15-29(21-8-6-5-7-9-21)27-26(20)19-10-12-23(31-3)24(14-19)32-4/h5-15H,16H2,1-4H3. The van der Waals surface area contributed by atoms with Gasteiger partial charge in [0.1, 0.15) is 18.1 Å².